The number of aromatic nitrogens is 10. The summed E-state index contributed by atoms with van der Waals surface area (Å²) in [5, 5.41) is 2.15. The summed E-state index contributed by atoms with van der Waals surface area (Å²) in [6.07, 6.45) is 5.43. The van der Waals surface area contributed by atoms with Crippen molar-refractivity contribution in [1.29, 1.82) is 0 Å². The molecule has 0 atom stereocenters. The molecule has 17 rings (SSSR count). The van der Waals surface area contributed by atoms with Gasteiger partial charge in [-0.05, 0) is 142 Å². The van der Waals surface area contributed by atoms with Crippen molar-refractivity contribution in [3.63, 3.8) is 0 Å². The summed E-state index contributed by atoms with van der Waals surface area (Å²) in [7, 11) is 0. The minimum atomic E-state index is -0.198. The number of hydrogen-bond donors (Lipinski definition) is 0. The first-order chi connectivity index (χ1) is 49.5. The van der Waals surface area contributed by atoms with Gasteiger partial charge in [-0.25, -0.2) is 19.9 Å². The third kappa shape index (κ3) is 12.8. The van der Waals surface area contributed by atoms with E-state index in [9.17, 15) is 0 Å². The van der Waals surface area contributed by atoms with Gasteiger partial charge in [0, 0.05) is 45.5 Å². The monoisotopic (exact) mass is 1520 g/mol. The van der Waals surface area contributed by atoms with Crippen molar-refractivity contribution in [2.24, 2.45) is 0 Å². The molecule has 506 valence electrons. The Morgan fingerprint density at radius 2 is 1.16 bits per heavy atom. The van der Waals surface area contributed by atoms with Crippen molar-refractivity contribution in [2.75, 3.05) is 0 Å². The fourth-order valence-corrected chi connectivity index (χ4v) is 14.0. The Labute approximate surface area is 614 Å². The Balaban J connectivity index is 0.000000165. The molecule has 0 radical (unpaired) electrons. The van der Waals surface area contributed by atoms with Crippen molar-refractivity contribution in [2.45, 2.75) is 105 Å². The molecule has 7 aromatic heterocycles. The Kier molecular flexibility index (Phi) is 18.1. The van der Waals surface area contributed by atoms with Crippen LogP contribution in [-0.2, 0) is 43.8 Å². The molecule has 17 aromatic rings. The van der Waals surface area contributed by atoms with Gasteiger partial charge in [-0.15, -0.1) is 83.9 Å². The van der Waals surface area contributed by atoms with E-state index in [-0.39, 0.29) is 42.8 Å². The first-order valence-electron chi connectivity index (χ1n) is 35.2. The summed E-state index contributed by atoms with van der Waals surface area (Å²) in [6, 6.07) is 92.6. The fourth-order valence-electron chi connectivity index (χ4n) is 14.0. The molecule has 0 saturated heterocycles. The number of fused-ring (bicyclic) bond motifs is 9. The molecule has 0 aliphatic carbocycles. The number of imidazole rings is 3. The largest absolute Gasteiger partial charge is 3.00 e. The van der Waals surface area contributed by atoms with Crippen LogP contribution in [0.2, 0.25) is 0 Å². The Morgan fingerprint density at radius 3 is 1.89 bits per heavy atom. The summed E-state index contributed by atoms with van der Waals surface area (Å²) in [5.41, 5.74) is 25.0. The molecule has 10 aromatic carbocycles. The zero-order chi connectivity index (χ0) is 70.0. The molecule has 0 N–H and O–H groups in total. The molecule has 0 saturated carbocycles. The van der Waals surface area contributed by atoms with Crippen LogP contribution in [0, 0.1) is 18.2 Å². The molecule has 0 aliphatic rings. The molecule has 0 aliphatic heterocycles. The van der Waals surface area contributed by atoms with Crippen molar-refractivity contribution in [3.8, 4) is 78.9 Å². The normalized spacial score (nSPS) is 12.0. The van der Waals surface area contributed by atoms with Crippen LogP contribution in [-0.4, -0.2) is 48.4 Å². The van der Waals surface area contributed by atoms with Crippen molar-refractivity contribution >= 4 is 60.8 Å². The molecule has 103 heavy (non-hydrogen) atoms. The van der Waals surface area contributed by atoms with E-state index in [0.29, 0.717) is 5.82 Å². The topological polar surface area (TPSA) is 118 Å². The standard InChI is InChI=1S/C48H48N5O.C43H29N5.Ir/c1-28(2)36-26-32(30-22-24-31(25-23-30)43-50-45(47(5,6)7)52-46(51-43)48(8,9)10)27-37(29(3)4)41(36)53-39-20-13-12-19-38(39)49-44(53)35-18-15-17-34-33-16-11-14-21-40(33)54-42(34)35;1-3-12-31(13-4-1)41-32(16-11-27-45-41)24-22-30-23-25-39-40(28-30)48-42-36(33-14-9-15-34(29-33)37-20-7-8-26-44-37)19-10-21-38(42)46-43(48)47(39)35-17-5-2-6-18-35;/h11-17,19-29H,1-10H3;1-12,14,16-21,23,25-29H,22,24H2;/q-1;-2;+3. The van der Waals surface area contributed by atoms with Gasteiger partial charge in [-0.1, -0.05) is 201 Å². The number of furan rings is 1. The van der Waals surface area contributed by atoms with Crippen LogP contribution in [0.4, 0.5) is 0 Å². The van der Waals surface area contributed by atoms with Gasteiger partial charge in [0.15, 0.2) is 5.82 Å². The Hall–Kier alpha value is -11.3. The SMILES string of the molecule is CC(C)c1cc(-c2ccc(-c3nc(C(C)(C)C)nc(C(C)(C)C)n3)cc2)cc(C(C)C)c1-n1c(-c2[c-]ccc3c2oc2ccccc23)nc2ccccc21.[Ir+3].[c-]1ccc(-c2cccc3nc4n(-c5ccccc5)c5ccc(CCc6cccnc6-c6[c-]cccc6)cc5n4c23)cc1-c1ccccn1. The van der Waals surface area contributed by atoms with Gasteiger partial charge in [0.05, 0.1) is 44.5 Å². The van der Waals surface area contributed by atoms with E-state index in [0.717, 1.165) is 147 Å². The predicted molar refractivity (Wildman–Crippen MR) is 415 cm³/mol. The minimum Gasteiger partial charge on any atom is -0.501 e. The second-order valence-electron chi connectivity index (χ2n) is 29.1. The Bertz CT molecular complexity index is 5910. The first-order valence-corrected chi connectivity index (χ1v) is 35.2. The van der Waals surface area contributed by atoms with Crippen molar-refractivity contribution in [3.05, 3.63) is 301 Å². The summed E-state index contributed by atoms with van der Waals surface area (Å²) in [6.45, 7) is 22.0. The maximum absolute atomic E-state index is 6.55. The first kappa shape index (κ1) is 67.5. The molecular weight excluding hydrogens is 1440 g/mol. The minimum absolute atomic E-state index is 0. The maximum Gasteiger partial charge on any atom is 3.00 e. The van der Waals surface area contributed by atoms with Gasteiger partial charge in [-0.2, -0.15) is 0 Å². The van der Waals surface area contributed by atoms with E-state index in [2.05, 4.69) is 276 Å². The molecule has 0 amide bonds. The van der Waals surface area contributed by atoms with E-state index in [1.165, 1.54) is 33.5 Å². The van der Waals surface area contributed by atoms with Gasteiger partial charge in [0.2, 0.25) is 5.78 Å². The predicted octanol–water partition coefficient (Wildman–Crippen LogP) is 22.4. The van der Waals surface area contributed by atoms with Crippen molar-refractivity contribution in [1.82, 2.24) is 48.4 Å². The van der Waals surface area contributed by atoms with Gasteiger partial charge >= 0.3 is 20.1 Å². The molecule has 0 fully saturated rings. The molecule has 12 heteroatoms. The fraction of sp³-hybridized carbons (Fsp3) is 0.176. The number of para-hydroxylation sites is 5. The summed E-state index contributed by atoms with van der Waals surface area (Å²) < 4.78 is 13.5. The Morgan fingerprint density at radius 1 is 0.466 bits per heavy atom. The van der Waals surface area contributed by atoms with E-state index in [1.54, 1.807) is 0 Å². The molecular formula is C91H77IrN10O. The molecule has 7 heterocycles. The van der Waals surface area contributed by atoms with Crippen LogP contribution < -0.4 is 0 Å². The van der Waals surface area contributed by atoms with Crippen LogP contribution in [0.1, 0.15) is 115 Å². The third-order valence-corrected chi connectivity index (χ3v) is 19.2. The van der Waals surface area contributed by atoms with E-state index in [4.69, 9.17) is 34.3 Å². The van der Waals surface area contributed by atoms with Gasteiger partial charge in [0.1, 0.15) is 17.2 Å². The zero-order valence-corrected chi connectivity index (χ0v) is 61.8. The van der Waals surface area contributed by atoms with E-state index < -0.39 is 0 Å². The molecule has 0 unspecified atom stereocenters. The number of nitrogens with zero attached hydrogens (tertiary/aromatic N) is 10. The van der Waals surface area contributed by atoms with Crippen LogP contribution in [0.5, 0.6) is 0 Å². The smallest absolute Gasteiger partial charge is 0.501 e. The molecule has 0 spiro atoms. The number of aryl methyl sites for hydroxylation is 2. The maximum atomic E-state index is 6.55. The van der Waals surface area contributed by atoms with Crippen LogP contribution >= 0.6 is 0 Å². The summed E-state index contributed by atoms with van der Waals surface area (Å²) in [4.78, 5) is 34.7. The molecule has 11 nitrogen and oxygen atoms in total. The number of pyridine rings is 2. The van der Waals surface area contributed by atoms with Gasteiger partial charge in [-0.3, -0.25) is 14.0 Å². The van der Waals surface area contributed by atoms with Crippen LogP contribution in [0.3, 0.4) is 0 Å². The van der Waals surface area contributed by atoms with Crippen molar-refractivity contribution < 1.29 is 24.5 Å². The van der Waals surface area contributed by atoms with E-state index in [1.807, 2.05) is 79.1 Å². The van der Waals surface area contributed by atoms with Gasteiger partial charge in [0.25, 0.3) is 0 Å². The second-order valence-corrected chi connectivity index (χ2v) is 29.1. The number of rotatable bonds is 13. The zero-order valence-electron chi connectivity index (χ0n) is 59.5. The quantitative estimate of drug-likeness (QED) is 0.105. The third-order valence-electron chi connectivity index (χ3n) is 19.2. The molecule has 0 bridgehead atoms. The average molecular weight is 1520 g/mol. The van der Waals surface area contributed by atoms with Crippen LogP contribution in [0.15, 0.2) is 253 Å². The second kappa shape index (κ2) is 27.6. The summed E-state index contributed by atoms with van der Waals surface area (Å²) in [5.74, 6) is 4.49. The van der Waals surface area contributed by atoms with Crippen LogP contribution in [0.25, 0.3) is 140 Å². The number of benzene rings is 10. The number of hydrogen-bond acceptors (Lipinski definition) is 8. The summed E-state index contributed by atoms with van der Waals surface area (Å²) >= 11 is 0. The van der Waals surface area contributed by atoms with E-state index >= 15 is 0 Å². The average Bonchev–Trinajstić information content (AvgIpc) is 1.56. The van der Waals surface area contributed by atoms with Gasteiger partial charge < -0.3 is 19.0 Å².